The van der Waals surface area contributed by atoms with E-state index in [1.165, 1.54) is 0 Å². The summed E-state index contributed by atoms with van der Waals surface area (Å²) < 4.78 is 16.0. The van der Waals surface area contributed by atoms with E-state index in [2.05, 4.69) is 10.6 Å². The van der Waals surface area contributed by atoms with Crippen molar-refractivity contribution in [2.45, 2.75) is 33.0 Å². The average Bonchev–Trinajstić information content (AvgIpc) is 3.11. The molecule has 6 nitrogen and oxygen atoms in total. The van der Waals surface area contributed by atoms with E-state index >= 15 is 0 Å². The van der Waals surface area contributed by atoms with Crippen LogP contribution >= 0.6 is 11.6 Å². The first kappa shape index (κ1) is 19.1. The van der Waals surface area contributed by atoms with Crippen LogP contribution in [-0.4, -0.2) is 25.7 Å². The monoisotopic (exact) mass is 366 g/mol. The van der Waals surface area contributed by atoms with E-state index in [-0.39, 0.29) is 11.9 Å². The molecule has 0 bridgehead atoms. The molecule has 2 rings (SSSR count). The molecule has 0 spiro atoms. The zero-order chi connectivity index (χ0) is 18.2. The highest BCUT2D eigenvalue weighted by atomic mass is 35.5. The van der Waals surface area contributed by atoms with Gasteiger partial charge in [0.2, 0.25) is 5.91 Å². The molecule has 0 aliphatic carbocycles. The van der Waals surface area contributed by atoms with Gasteiger partial charge < -0.3 is 24.5 Å². The second-order valence-corrected chi connectivity index (χ2v) is 5.85. The SMILES string of the molecule is CCOc1cc(CNC(C)C(=O)NCc2ccco2)cc(Cl)c1OC. The zero-order valence-corrected chi connectivity index (χ0v) is 15.4. The summed E-state index contributed by atoms with van der Waals surface area (Å²) in [5.74, 6) is 1.70. The predicted molar refractivity (Wildman–Crippen MR) is 96.0 cm³/mol. The Hall–Kier alpha value is -2.18. The number of halogens is 1. The number of hydrogen-bond donors (Lipinski definition) is 2. The summed E-state index contributed by atoms with van der Waals surface area (Å²) in [6, 6.07) is 6.88. The maximum Gasteiger partial charge on any atom is 0.237 e. The van der Waals surface area contributed by atoms with Crippen LogP contribution in [0.5, 0.6) is 11.5 Å². The molecule has 2 aromatic rings. The Kier molecular flexibility index (Phi) is 7.16. The van der Waals surface area contributed by atoms with E-state index in [0.29, 0.717) is 42.0 Å². The molecule has 0 radical (unpaired) electrons. The first-order valence-electron chi connectivity index (χ1n) is 8.07. The molecule has 1 aromatic carbocycles. The molecule has 0 aliphatic heterocycles. The van der Waals surface area contributed by atoms with E-state index in [0.717, 1.165) is 5.56 Å². The Balaban J connectivity index is 1.92. The largest absolute Gasteiger partial charge is 0.491 e. The lowest BCUT2D eigenvalue weighted by Crippen LogP contribution is -2.41. The van der Waals surface area contributed by atoms with Crippen LogP contribution < -0.4 is 20.1 Å². The van der Waals surface area contributed by atoms with Crippen LogP contribution in [0.3, 0.4) is 0 Å². The van der Waals surface area contributed by atoms with E-state index in [4.69, 9.17) is 25.5 Å². The number of rotatable bonds is 9. The highest BCUT2D eigenvalue weighted by Crippen LogP contribution is 2.36. The van der Waals surface area contributed by atoms with Gasteiger partial charge in [-0.15, -0.1) is 0 Å². The number of amides is 1. The smallest absolute Gasteiger partial charge is 0.237 e. The van der Waals surface area contributed by atoms with Crippen LogP contribution in [0, 0.1) is 0 Å². The summed E-state index contributed by atoms with van der Waals surface area (Å²) in [7, 11) is 1.55. The van der Waals surface area contributed by atoms with Crippen LogP contribution in [-0.2, 0) is 17.9 Å². The molecule has 0 saturated heterocycles. The normalized spacial score (nSPS) is 11.8. The molecule has 1 atom stereocenters. The molecule has 1 unspecified atom stereocenters. The molecule has 136 valence electrons. The average molecular weight is 367 g/mol. The highest BCUT2D eigenvalue weighted by Gasteiger charge is 2.15. The maximum atomic E-state index is 12.1. The van der Waals surface area contributed by atoms with Gasteiger partial charge >= 0.3 is 0 Å². The van der Waals surface area contributed by atoms with Gasteiger partial charge in [-0.1, -0.05) is 11.6 Å². The minimum absolute atomic E-state index is 0.110. The molecule has 7 heteroatoms. The maximum absolute atomic E-state index is 12.1. The summed E-state index contributed by atoms with van der Waals surface area (Å²) in [6.45, 7) is 5.03. The Morgan fingerprint density at radius 3 is 2.80 bits per heavy atom. The Morgan fingerprint density at radius 1 is 1.36 bits per heavy atom. The second-order valence-electron chi connectivity index (χ2n) is 5.44. The van der Waals surface area contributed by atoms with Crippen molar-refractivity contribution in [1.82, 2.24) is 10.6 Å². The Labute approximate surface area is 152 Å². The number of nitrogens with one attached hydrogen (secondary N) is 2. The van der Waals surface area contributed by atoms with Gasteiger partial charge in [0.05, 0.1) is 37.6 Å². The number of ether oxygens (including phenoxy) is 2. The number of carbonyl (C=O) groups excluding carboxylic acids is 1. The third-order valence-corrected chi connectivity index (χ3v) is 3.88. The van der Waals surface area contributed by atoms with Crippen molar-refractivity contribution in [2.24, 2.45) is 0 Å². The number of hydrogen-bond acceptors (Lipinski definition) is 5. The van der Waals surface area contributed by atoms with Crippen molar-refractivity contribution in [1.29, 1.82) is 0 Å². The van der Waals surface area contributed by atoms with Crippen LogP contribution in [0.2, 0.25) is 5.02 Å². The predicted octanol–water partition coefficient (Wildman–Crippen LogP) is 3.13. The summed E-state index contributed by atoms with van der Waals surface area (Å²) in [5.41, 5.74) is 0.903. The van der Waals surface area contributed by atoms with Crippen molar-refractivity contribution in [3.63, 3.8) is 0 Å². The van der Waals surface area contributed by atoms with Crippen LogP contribution in [0.1, 0.15) is 25.2 Å². The molecular formula is C18H23ClN2O4. The molecule has 2 N–H and O–H groups in total. The Morgan fingerprint density at radius 2 is 2.16 bits per heavy atom. The van der Waals surface area contributed by atoms with Gasteiger partial charge in [0.1, 0.15) is 5.76 Å². The topological polar surface area (TPSA) is 72.7 Å². The third kappa shape index (κ3) is 5.41. The first-order chi connectivity index (χ1) is 12.0. The highest BCUT2D eigenvalue weighted by molar-refractivity contribution is 6.32. The van der Waals surface area contributed by atoms with Gasteiger partial charge in [-0.25, -0.2) is 0 Å². The minimum atomic E-state index is -0.369. The fourth-order valence-corrected chi connectivity index (χ4v) is 2.60. The molecule has 0 fully saturated rings. The molecule has 1 amide bonds. The quantitative estimate of drug-likeness (QED) is 0.713. The number of carbonyl (C=O) groups is 1. The molecular weight excluding hydrogens is 344 g/mol. The van der Waals surface area contributed by atoms with Gasteiger partial charge in [0.25, 0.3) is 0 Å². The first-order valence-corrected chi connectivity index (χ1v) is 8.45. The van der Waals surface area contributed by atoms with Gasteiger partial charge in [-0.2, -0.15) is 0 Å². The van der Waals surface area contributed by atoms with Crippen LogP contribution in [0.15, 0.2) is 34.9 Å². The van der Waals surface area contributed by atoms with Crippen molar-refractivity contribution in [3.05, 3.63) is 46.9 Å². The molecule has 1 aromatic heterocycles. The number of furan rings is 1. The van der Waals surface area contributed by atoms with Crippen molar-refractivity contribution >= 4 is 17.5 Å². The van der Waals surface area contributed by atoms with Gasteiger partial charge in [-0.3, -0.25) is 4.79 Å². The van der Waals surface area contributed by atoms with Crippen LogP contribution in [0.4, 0.5) is 0 Å². The summed E-state index contributed by atoms with van der Waals surface area (Å²) in [6.07, 6.45) is 1.58. The fourth-order valence-electron chi connectivity index (χ4n) is 2.29. The third-order valence-electron chi connectivity index (χ3n) is 3.60. The summed E-state index contributed by atoms with van der Waals surface area (Å²) >= 11 is 6.23. The minimum Gasteiger partial charge on any atom is -0.491 e. The molecule has 1 heterocycles. The van der Waals surface area contributed by atoms with Gasteiger partial charge in [0.15, 0.2) is 11.5 Å². The lowest BCUT2D eigenvalue weighted by molar-refractivity contribution is -0.123. The van der Waals surface area contributed by atoms with E-state index in [1.807, 2.05) is 19.1 Å². The van der Waals surface area contributed by atoms with E-state index < -0.39 is 0 Å². The number of benzene rings is 1. The van der Waals surface area contributed by atoms with Crippen molar-refractivity contribution < 1.29 is 18.7 Å². The summed E-state index contributed by atoms with van der Waals surface area (Å²) in [5, 5.41) is 6.45. The fraction of sp³-hybridized carbons (Fsp3) is 0.389. The van der Waals surface area contributed by atoms with Gasteiger partial charge in [-0.05, 0) is 43.7 Å². The molecule has 0 aliphatic rings. The van der Waals surface area contributed by atoms with Crippen LogP contribution in [0.25, 0.3) is 0 Å². The lowest BCUT2D eigenvalue weighted by Gasteiger charge is -2.16. The number of methoxy groups -OCH3 is 1. The summed E-state index contributed by atoms with van der Waals surface area (Å²) in [4.78, 5) is 12.1. The van der Waals surface area contributed by atoms with E-state index in [9.17, 15) is 4.79 Å². The molecule has 25 heavy (non-hydrogen) atoms. The molecule has 0 saturated carbocycles. The second kappa shape index (κ2) is 9.34. The van der Waals surface area contributed by atoms with Crippen molar-refractivity contribution in [2.75, 3.05) is 13.7 Å². The van der Waals surface area contributed by atoms with E-state index in [1.54, 1.807) is 32.4 Å². The Bertz CT molecular complexity index is 689. The standard InChI is InChI=1S/C18H23ClN2O4/c1-4-24-16-9-13(8-15(19)17(16)23-3)10-20-12(2)18(22)21-11-14-6-5-7-25-14/h5-9,12,20H,4,10-11H2,1-3H3,(H,21,22). The zero-order valence-electron chi connectivity index (χ0n) is 14.6. The van der Waals surface area contributed by atoms with Crippen molar-refractivity contribution in [3.8, 4) is 11.5 Å². The van der Waals surface area contributed by atoms with Gasteiger partial charge in [0, 0.05) is 6.54 Å². The lowest BCUT2D eigenvalue weighted by atomic mass is 10.2.